The first-order valence-electron chi connectivity index (χ1n) is 5.88. The Hall–Kier alpha value is -1.92. The molecule has 0 spiro atoms. The van der Waals surface area contributed by atoms with Crippen LogP contribution in [0.3, 0.4) is 0 Å². The largest absolute Gasteiger partial charge is 0.464 e. The van der Waals surface area contributed by atoms with Crippen LogP contribution in [0.1, 0.15) is 19.4 Å². The number of esters is 1. The van der Waals surface area contributed by atoms with Gasteiger partial charge in [-0.05, 0) is 19.9 Å². The number of ether oxygens (including phenoxy) is 1. The van der Waals surface area contributed by atoms with Gasteiger partial charge in [0.25, 0.3) is 5.91 Å². The summed E-state index contributed by atoms with van der Waals surface area (Å²) < 4.78 is 4.72. The molecule has 1 aliphatic rings. The summed E-state index contributed by atoms with van der Waals surface area (Å²) in [6, 6.07) is 6.32. The Morgan fingerprint density at radius 1 is 1.47 bits per heavy atom. The highest BCUT2D eigenvalue weighted by Crippen LogP contribution is 2.43. The van der Waals surface area contributed by atoms with Crippen molar-refractivity contribution in [3.8, 4) is 0 Å². The number of aliphatic hydroxyl groups is 2. The van der Waals surface area contributed by atoms with Crippen LogP contribution in [0.15, 0.2) is 24.3 Å². The first kappa shape index (κ1) is 13.5. The predicted octanol–water partition coefficient (Wildman–Crippen LogP) is 0.140. The number of amides is 1. The molecule has 0 aliphatic carbocycles. The van der Waals surface area contributed by atoms with Gasteiger partial charge in [-0.15, -0.1) is 0 Å². The van der Waals surface area contributed by atoms with E-state index in [-0.39, 0.29) is 12.2 Å². The Bertz CT molecular complexity index is 540. The number of carbonyl (C=O) groups is 2. The van der Waals surface area contributed by atoms with Crippen LogP contribution in [-0.4, -0.2) is 34.3 Å². The van der Waals surface area contributed by atoms with Gasteiger partial charge in [-0.2, -0.15) is 0 Å². The topological polar surface area (TPSA) is 95.9 Å². The van der Waals surface area contributed by atoms with Gasteiger partial charge in [0.2, 0.25) is 11.2 Å². The third kappa shape index (κ3) is 1.72. The zero-order valence-electron chi connectivity index (χ0n) is 10.6. The van der Waals surface area contributed by atoms with Crippen molar-refractivity contribution in [2.45, 2.75) is 25.0 Å². The van der Waals surface area contributed by atoms with Crippen LogP contribution in [0.25, 0.3) is 0 Å². The molecule has 6 nitrogen and oxygen atoms in total. The highest BCUT2D eigenvalue weighted by molar-refractivity contribution is 6.09. The van der Waals surface area contributed by atoms with Crippen LogP contribution in [0, 0.1) is 0 Å². The molecule has 2 rings (SSSR count). The van der Waals surface area contributed by atoms with Gasteiger partial charge in [0.15, 0.2) is 0 Å². The molecular weight excluding hydrogens is 250 g/mol. The molecule has 102 valence electrons. The Kier molecular flexibility index (Phi) is 3.07. The first-order valence-corrected chi connectivity index (χ1v) is 5.88. The van der Waals surface area contributed by atoms with Gasteiger partial charge in [-0.3, -0.25) is 4.79 Å². The van der Waals surface area contributed by atoms with E-state index >= 15 is 0 Å². The Morgan fingerprint density at radius 2 is 2.11 bits per heavy atom. The number of anilines is 1. The second-order valence-electron chi connectivity index (χ2n) is 4.50. The lowest BCUT2D eigenvalue weighted by Crippen LogP contribution is -2.59. The van der Waals surface area contributed by atoms with Gasteiger partial charge in [-0.25, -0.2) is 4.79 Å². The maximum atomic E-state index is 12.0. The lowest BCUT2D eigenvalue weighted by atomic mass is 9.79. The highest BCUT2D eigenvalue weighted by Gasteiger charge is 2.62. The monoisotopic (exact) mass is 265 g/mol. The Morgan fingerprint density at radius 3 is 2.74 bits per heavy atom. The van der Waals surface area contributed by atoms with E-state index in [4.69, 9.17) is 4.74 Å². The van der Waals surface area contributed by atoms with E-state index in [1.807, 2.05) is 0 Å². The summed E-state index contributed by atoms with van der Waals surface area (Å²) in [5, 5.41) is 23.3. The summed E-state index contributed by atoms with van der Waals surface area (Å²) in [4.78, 5) is 23.8. The fourth-order valence-electron chi connectivity index (χ4n) is 2.15. The lowest BCUT2D eigenvalue weighted by molar-refractivity contribution is -0.196. The molecule has 1 amide bonds. The van der Waals surface area contributed by atoms with Gasteiger partial charge < -0.3 is 20.3 Å². The SMILES string of the molecule is CCOC(=O)[C@@](C)(O)[C@]1(O)C(=O)Nc2ccccc21. The molecule has 0 unspecified atom stereocenters. The maximum Gasteiger partial charge on any atom is 0.341 e. The third-order valence-electron chi connectivity index (χ3n) is 3.27. The molecule has 6 heteroatoms. The Balaban J connectivity index is 2.53. The van der Waals surface area contributed by atoms with E-state index in [9.17, 15) is 19.8 Å². The van der Waals surface area contributed by atoms with Gasteiger partial charge in [0.05, 0.1) is 6.61 Å². The van der Waals surface area contributed by atoms with Crippen LogP contribution >= 0.6 is 0 Å². The summed E-state index contributed by atoms with van der Waals surface area (Å²) in [7, 11) is 0. The minimum atomic E-state index is -2.38. The molecule has 0 saturated carbocycles. The number of hydrogen-bond donors (Lipinski definition) is 3. The van der Waals surface area contributed by atoms with Crippen molar-refractivity contribution >= 4 is 17.6 Å². The molecule has 0 radical (unpaired) electrons. The van der Waals surface area contributed by atoms with E-state index in [0.29, 0.717) is 5.69 Å². The molecule has 0 saturated heterocycles. The smallest absolute Gasteiger partial charge is 0.341 e. The van der Waals surface area contributed by atoms with Crippen molar-refractivity contribution in [3.63, 3.8) is 0 Å². The third-order valence-corrected chi connectivity index (χ3v) is 3.27. The van der Waals surface area contributed by atoms with Gasteiger partial charge in [0.1, 0.15) is 0 Å². The molecule has 1 aromatic carbocycles. The summed E-state index contributed by atoms with van der Waals surface area (Å²) in [6.45, 7) is 2.67. The number of nitrogens with one attached hydrogen (secondary N) is 1. The van der Waals surface area contributed by atoms with Crippen LogP contribution in [0.2, 0.25) is 0 Å². The summed E-state index contributed by atoms with van der Waals surface area (Å²) in [5.74, 6) is -1.91. The summed E-state index contributed by atoms with van der Waals surface area (Å²) in [6.07, 6.45) is 0. The van der Waals surface area contributed by atoms with Gasteiger partial charge in [0, 0.05) is 11.3 Å². The van der Waals surface area contributed by atoms with E-state index in [0.717, 1.165) is 6.92 Å². The fourth-order valence-corrected chi connectivity index (χ4v) is 2.15. The molecule has 0 bridgehead atoms. The van der Waals surface area contributed by atoms with Crippen molar-refractivity contribution in [2.24, 2.45) is 0 Å². The maximum absolute atomic E-state index is 12.0. The van der Waals surface area contributed by atoms with E-state index < -0.39 is 23.1 Å². The molecule has 1 heterocycles. The lowest BCUT2D eigenvalue weighted by Gasteiger charge is -2.34. The zero-order valence-corrected chi connectivity index (χ0v) is 10.6. The molecule has 0 aromatic heterocycles. The fraction of sp³-hybridized carbons (Fsp3) is 0.385. The average Bonchev–Trinajstić information content (AvgIpc) is 2.64. The van der Waals surface area contributed by atoms with Crippen molar-refractivity contribution in [1.82, 2.24) is 0 Å². The molecule has 0 fully saturated rings. The van der Waals surface area contributed by atoms with E-state index in [1.165, 1.54) is 6.07 Å². The number of para-hydroxylation sites is 1. The second-order valence-corrected chi connectivity index (χ2v) is 4.50. The minimum absolute atomic E-state index is 0.0360. The quantitative estimate of drug-likeness (QED) is 0.676. The van der Waals surface area contributed by atoms with Crippen molar-refractivity contribution in [3.05, 3.63) is 29.8 Å². The second kappa shape index (κ2) is 4.32. The number of fused-ring (bicyclic) bond motifs is 1. The molecule has 3 N–H and O–H groups in total. The molecule has 1 aliphatic heterocycles. The summed E-state index contributed by atoms with van der Waals surface area (Å²) in [5.41, 5.74) is -4.23. The van der Waals surface area contributed by atoms with Crippen LogP contribution in [0.4, 0.5) is 5.69 Å². The van der Waals surface area contributed by atoms with Crippen molar-refractivity contribution in [2.75, 3.05) is 11.9 Å². The van der Waals surface area contributed by atoms with Crippen molar-refractivity contribution < 1.29 is 24.5 Å². The number of hydrogen-bond acceptors (Lipinski definition) is 5. The van der Waals surface area contributed by atoms with Gasteiger partial charge >= 0.3 is 5.97 Å². The molecule has 19 heavy (non-hydrogen) atoms. The predicted molar refractivity (Wildman–Crippen MR) is 66.2 cm³/mol. The van der Waals surface area contributed by atoms with E-state index in [1.54, 1.807) is 25.1 Å². The number of benzene rings is 1. The van der Waals surface area contributed by atoms with Crippen LogP contribution in [0.5, 0.6) is 0 Å². The average molecular weight is 265 g/mol. The number of rotatable bonds is 3. The van der Waals surface area contributed by atoms with Crippen LogP contribution in [-0.2, 0) is 19.9 Å². The normalized spacial score (nSPS) is 24.3. The summed E-state index contributed by atoms with van der Waals surface area (Å²) >= 11 is 0. The minimum Gasteiger partial charge on any atom is -0.464 e. The highest BCUT2D eigenvalue weighted by atomic mass is 16.6. The molecule has 1 aromatic rings. The van der Waals surface area contributed by atoms with Gasteiger partial charge in [-0.1, -0.05) is 18.2 Å². The molecule has 2 atom stereocenters. The molecular formula is C13H15NO5. The standard InChI is InChI=1S/C13H15NO5/c1-3-19-11(16)12(2,17)13(18)8-6-4-5-7-9(8)14-10(13)15/h4-7,17-18H,3H2,1-2H3,(H,14,15)/t12-,13-/m1/s1. The first-order chi connectivity index (χ1) is 8.85. The van der Waals surface area contributed by atoms with E-state index in [2.05, 4.69) is 5.32 Å². The number of carbonyl (C=O) groups excluding carboxylic acids is 2. The van der Waals surface area contributed by atoms with Crippen LogP contribution < -0.4 is 5.32 Å². The van der Waals surface area contributed by atoms with Crippen molar-refractivity contribution in [1.29, 1.82) is 0 Å². The Labute approximate surface area is 110 Å². The zero-order chi connectivity index (χ0) is 14.3.